The number of rotatable bonds is 6. The van der Waals surface area contributed by atoms with Gasteiger partial charge in [0.15, 0.2) is 11.5 Å². The highest BCUT2D eigenvalue weighted by Crippen LogP contribution is 2.34. The van der Waals surface area contributed by atoms with Gasteiger partial charge < -0.3 is 19.5 Å². The lowest BCUT2D eigenvalue weighted by molar-refractivity contribution is -0.117. The maximum absolute atomic E-state index is 12.4. The summed E-state index contributed by atoms with van der Waals surface area (Å²) in [7, 11) is 1.63. The predicted molar refractivity (Wildman–Crippen MR) is 105 cm³/mol. The van der Waals surface area contributed by atoms with Crippen molar-refractivity contribution in [2.75, 3.05) is 20.3 Å². The average Bonchev–Trinajstić information content (AvgIpc) is 2.70. The Morgan fingerprint density at radius 3 is 2.44 bits per heavy atom. The highest BCUT2D eigenvalue weighted by molar-refractivity contribution is 5.92. The molecule has 1 aliphatic heterocycles. The molecule has 0 bridgehead atoms. The Morgan fingerprint density at radius 1 is 1.07 bits per heavy atom. The first-order chi connectivity index (χ1) is 13.1. The fourth-order valence-corrected chi connectivity index (χ4v) is 2.98. The molecule has 0 fully saturated rings. The minimum Gasteiger partial charge on any atom is -0.497 e. The Labute approximate surface area is 159 Å². The van der Waals surface area contributed by atoms with Gasteiger partial charge in [0.25, 0.3) is 0 Å². The van der Waals surface area contributed by atoms with E-state index in [0.717, 1.165) is 28.4 Å². The van der Waals surface area contributed by atoms with Crippen LogP contribution in [0.25, 0.3) is 6.08 Å². The van der Waals surface area contributed by atoms with E-state index >= 15 is 0 Å². The molecule has 0 saturated heterocycles. The van der Waals surface area contributed by atoms with Crippen molar-refractivity contribution >= 4 is 12.0 Å². The van der Waals surface area contributed by atoms with E-state index in [0.29, 0.717) is 13.2 Å². The second-order valence-corrected chi connectivity index (χ2v) is 6.74. The Kier molecular flexibility index (Phi) is 6.01. The average molecular weight is 367 g/mol. The van der Waals surface area contributed by atoms with Crippen LogP contribution in [0.3, 0.4) is 0 Å². The van der Waals surface area contributed by atoms with E-state index < -0.39 is 0 Å². The molecule has 1 atom stereocenters. The van der Waals surface area contributed by atoms with E-state index in [-0.39, 0.29) is 17.9 Å². The second-order valence-electron chi connectivity index (χ2n) is 6.74. The van der Waals surface area contributed by atoms with Gasteiger partial charge in [0, 0.05) is 6.08 Å². The molecule has 0 aliphatic carbocycles. The summed E-state index contributed by atoms with van der Waals surface area (Å²) in [5.74, 6) is 2.35. The first kappa shape index (κ1) is 18.8. The van der Waals surface area contributed by atoms with Crippen LogP contribution in [0.15, 0.2) is 48.5 Å². The van der Waals surface area contributed by atoms with Gasteiger partial charge in [-0.2, -0.15) is 0 Å². The van der Waals surface area contributed by atoms with Gasteiger partial charge in [-0.3, -0.25) is 4.79 Å². The fourth-order valence-electron chi connectivity index (χ4n) is 2.98. The Morgan fingerprint density at radius 2 is 1.78 bits per heavy atom. The largest absolute Gasteiger partial charge is 0.497 e. The standard InChI is InChI=1S/C22H25NO4/c1-15(2)22(17-7-10-19-20(14-17)27-13-12-26-19)23-21(24)11-6-16-4-8-18(25-3)9-5-16/h4-11,14-15,22H,12-13H2,1-3H3,(H,23,24)/b11-6+/t22-/m0/s1. The number of hydrogen-bond acceptors (Lipinski definition) is 4. The van der Waals surface area contributed by atoms with Gasteiger partial charge in [-0.1, -0.05) is 32.0 Å². The van der Waals surface area contributed by atoms with Gasteiger partial charge >= 0.3 is 0 Å². The first-order valence-corrected chi connectivity index (χ1v) is 9.09. The number of carbonyl (C=O) groups is 1. The Bertz CT molecular complexity index is 812. The van der Waals surface area contributed by atoms with Crippen LogP contribution in [0.2, 0.25) is 0 Å². The van der Waals surface area contributed by atoms with Gasteiger partial charge in [0.2, 0.25) is 5.91 Å². The highest BCUT2D eigenvalue weighted by Gasteiger charge is 2.20. The summed E-state index contributed by atoms with van der Waals surface area (Å²) < 4.78 is 16.4. The third-order valence-corrected chi connectivity index (χ3v) is 4.43. The number of carbonyl (C=O) groups excluding carboxylic acids is 1. The van der Waals surface area contributed by atoms with Gasteiger partial charge in [0.05, 0.1) is 13.2 Å². The third-order valence-electron chi connectivity index (χ3n) is 4.43. The zero-order valence-corrected chi connectivity index (χ0v) is 15.9. The van der Waals surface area contributed by atoms with Gasteiger partial charge in [0.1, 0.15) is 19.0 Å². The maximum Gasteiger partial charge on any atom is 0.244 e. The van der Waals surface area contributed by atoms with E-state index in [1.165, 1.54) is 0 Å². The van der Waals surface area contributed by atoms with Crippen LogP contribution in [-0.2, 0) is 4.79 Å². The van der Waals surface area contributed by atoms with Crippen molar-refractivity contribution in [3.05, 3.63) is 59.7 Å². The minimum absolute atomic E-state index is 0.117. The molecule has 142 valence electrons. The molecular formula is C22H25NO4. The lowest BCUT2D eigenvalue weighted by atomic mass is 9.95. The summed E-state index contributed by atoms with van der Waals surface area (Å²) in [4.78, 5) is 12.4. The Hall–Kier alpha value is -2.95. The number of methoxy groups -OCH3 is 1. The topological polar surface area (TPSA) is 56.8 Å². The minimum atomic E-state index is -0.139. The van der Waals surface area contributed by atoms with Gasteiger partial charge in [-0.05, 0) is 47.4 Å². The monoisotopic (exact) mass is 367 g/mol. The quantitative estimate of drug-likeness (QED) is 0.785. The molecule has 1 aliphatic rings. The van der Waals surface area contributed by atoms with Crippen molar-refractivity contribution in [1.82, 2.24) is 5.32 Å². The summed E-state index contributed by atoms with van der Waals surface area (Å²) in [6.07, 6.45) is 3.34. The molecule has 0 spiro atoms. The van der Waals surface area contributed by atoms with Crippen molar-refractivity contribution < 1.29 is 19.0 Å². The molecule has 1 N–H and O–H groups in total. The maximum atomic E-state index is 12.4. The summed E-state index contributed by atoms with van der Waals surface area (Å²) in [5, 5.41) is 3.09. The number of hydrogen-bond donors (Lipinski definition) is 1. The molecule has 0 unspecified atom stereocenters. The van der Waals surface area contributed by atoms with Crippen molar-refractivity contribution in [1.29, 1.82) is 0 Å². The molecule has 2 aromatic rings. The van der Waals surface area contributed by atoms with Crippen molar-refractivity contribution in [2.45, 2.75) is 19.9 Å². The number of ether oxygens (including phenoxy) is 3. The molecular weight excluding hydrogens is 342 g/mol. The van der Waals surface area contributed by atoms with E-state index in [4.69, 9.17) is 14.2 Å². The molecule has 0 saturated carbocycles. The number of fused-ring (bicyclic) bond motifs is 1. The van der Waals surface area contributed by atoms with Crippen LogP contribution in [0, 0.1) is 5.92 Å². The molecule has 0 radical (unpaired) electrons. The van der Waals surface area contributed by atoms with Crippen LogP contribution in [0.4, 0.5) is 0 Å². The zero-order chi connectivity index (χ0) is 19.2. The molecule has 5 heteroatoms. The number of amides is 1. The zero-order valence-electron chi connectivity index (χ0n) is 15.9. The van der Waals surface area contributed by atoms with Gasteiger partial charge in [-0.25, -0.2) is 0 Å². The smallest absolute Gasteiger partial charge is 0.244 e. The van der Waals surface area contributed by atoms with Gasteiger partial charge in [-0.15, -0.1) is 0 Å². The second kappa shape index (κ2) is 8.62. The van der Waals surface area contributed by atoms with E-state index in [2.05, 4.69) is 19.2 Å². The summed E-state index contributed by atoms with van der Waals surface area (Å²) >= 11 is 0. The van der Waals surface area contributed by atoms with E-state index in [1.54, 1.807) is 19.3 Å². The van der Waals surface area contributed by atoms with Crippen molar-refractivity contribution in [3.63, 3.8) is 0 Å². The normalized spacial score (nSPS) is 14.2. The molecule has 3 rings (SSSR count). The summed E-state index contributed by atoms with van der Waals surface area (Å²) in [6.45, 7) is 5.26. The van der Waals surface area contributed by atoms with Crippen LogP contribution in [0.1, 0.15) is 31.0 Å². The molecule has 1 heterocycles. The van der Waals surface area contributed by atoms with Crippen LogP contribution < -0.4 is 19.5 Å². The molecule has 0 aromatic heterocycles. The van der Waals surface area contributed by atoms with Crippen LogP contribution in [-0.4, -0.2) is 26.2 Å². The van der Waals surface area contributed by atoms with Crippen LogP contribution >= 0.6 is 0 Å². The molecule has 27 heavy (non-hydrogen) atoms. The van der Waals surface area contributed by atoms with E-state index in [9.17, 15) is 4.79 Å². The highest BCUT2D eigenvalue weighted by atomic mass is 16.6. The number of benzene rings is 2. The first-order valence-electron chi connectivity index (χ1n) is 9.09. The summed E-state index contributed by atoms with van der Waals surface area (Å²) in [6, 6.07) is 13.3. The number of nitrogens with one attached hydrogen (secondary N) is 1. The van der Waals surface area contributed by atoms with Crippen molar-refractivity contribution in [2.24, 2.45) is 5.92 Å². The predicted octanol–water partition coefficient (Wildman–Crippen LogP) is 3.99. The van der Waals surface area contributed by atoms with Crippen LogP contribution in [0.5, 0.6) is 17.2 Å². The summed E-state index contributed by atoms with van der Waals surface area (Å²) in [5.41, 5.74) is 1.94. The molecule has 1 amide bonds. The lowest BCUT2D eigenvalue weighted by Gasteiger charge is -2.25. The van der Waals surface area contributed by atoms with Crippen molar-refractivity contribution in [3.8, 4) is 17.2 Å². The SMILES string of the molecule is COc1ccc(/C=C/C(=O)N[C@H](c2ccc3c(c2)OCCO3)C(C)C)cc1. The third kappa shape index (κ3) is 4.82. The molecule has 2 aromatic carbocycles. The Balaban J connectivity index is 1.70. The fraction of sp³-hybridized carbons (Fsp3) is 0.318. The van der Waals surface area contributed by atoms with E-state index in [1.807, 2.05) is 42.5 Å². The lowest BCUT2D eigenvalue weighted by Crippen LogP contribution is -2.30. The molecule has 5 nitrogen and oxygen atoms in total.